The number of methoxy groups -OCH3 is 1. The molecular weight excluding hydrogens is 371 g/mol. The zero-order chi connectivity index (χ0) is 20.2. The first-order chi connectivity index (χ1) is 12.6. The van der Waals surface area contributed by atoms with E-state index in [1.54, 1.807) is 44.3 Å². The molecule has 0 fully saturated rings. The van der Waals surface area contributed by atoms with Crippen LogP contribution in [-0.4, -0.2) is 46.2 Å². The number of benzene rings is 2. The van der Waals surface area contributed by atoms with Crippen molar-refractivity contribution in [1.82, 2.24) is 4.90 Å². The molecule has 0 aliphatic rings. The van der Waals surface area contributed by atoms with Gasteiger partial charge in [0.1, 0.15) is 6.54 Å². The maximum absolute atomic E-state index is 13.8. The van der Waals surface area contributed by atoms with Crippen LogP contribution in [0, 0.1) is 12.7 Å². The molecule has 0 saturated carbocycles. The average molecular weight is 394 g/mol. The summed E-state index contributed by atoms with van der Waals surface area (Å²) in [4.78, 5) is 14.0. The van der Waals surface area contributed by atoms with Crippen molar-refractivity contribution in [1.29, 1.82) is 0 Å². The minimum atomic E-state index is -3.65. The van der Waals surface area contributed by atoms with Crippen molar-refractivity contribution in [2.45, 2.75) is 13.5 Å². The van der Waals surface area contributed by atoms with Crippen LogP contribution in [0.2, 0.25) is 0 Å². The molecule has 2 aromatic carbocycles. The van der Waals surface area contributed by atoms with Crippen LogP contribution in [0.15, 0.2) is 42.5 Å². The molecule has 2 aromatic rings. The van der Waals surface area contributed by atoms with Gasteiger partial charge in [0.05, 0.1) is 19.1 Å². The summed E-state index contributed by atoms with van der Waals surface area (Å²) in [6, 6.07) is 11.4. The van der Waals surface area contributed by atoms with E-state index in [4.69, 9.17) is 4.74 Å². The van der Waals surface area contributed by atoms with E-state index in [-0.39, 0.29) is 18.8 Å². The van der Waals surface area contributed by atoms with Crippen LogP contribution in [0.3, 0.4) is 0 Å². The molecule has 0 aliphatic carbocycles. The van der Waals surface area contributed by atoms with Crippen LogP contribution in [0.4, 0.5) is 10.1 Å². The van der Waals surface area contributed by atoms with Crippen LogP contribution in [0.25, 0.3) is 0 Å². The van der Waals surface area contributed by atoms with E-state index < -0.39 is 21.7 Å². The number of para-hydroxylation sites is 1. The Balaban J connectivity index is 2.17. The first-order valence-corrected chi connectivity index (χ1v) is 10.1. The third-order valence-corrected chi connectivity index (χ3v) is 5.25. The zero-order valence-electron chi connectivity index (χ0n) is 15.8. The van der Waals surface area contributed by atoms with Gasteiger partial charge in [-0.25, -0.2) is 12.8 Å². The molecule has 0 heterocycles. The summed E-state index contributed by atoms with van der Waals surface area (Å²) in [5, 5.41) is 0. The second-order valence-electron chi connectivity index (χ2n) is 6.27. The predicted molar refractivity (Wildman–Crippen MR) is 103 cm³/mol. The first kappa shape index (κ1) is 20.7. The molecule has 0 spiro atoms. The lowest BCUT2D eigenvalue weighted by Crippen LogP contribution is -2.41. The molecule has 1 amide bonds. The molecule has 0 aromatic heterocycles. The summed E-state index contributed by atoms with van der Waals surface area (Å²) in [6.07, 6.45) is 1.06. The van der Waals surface area contributed by atoms with E-state index in [1.807, 2.05) is 0 Å². The summed E-state index contributed by atoms with van der Waals surface area (Å²) in [6.45, 7) is 1.59. The molecule has 8 heteroatoms. The van der Waals surface area contributed by atoms with Crippen LogP contribution < -0.4 is 9.04 Å². The monoisotopic (exact) mass is 394 g/mol. The summed E-state index contributed by atoms with van der Waals surface area (Å²) in [5.74, 6) is -0.802. The Bertz CT molecular complexity index is 931. The number of nitrogens with zero attached hydrogens (tertiary/aromatic N) is 2. The molecule has 0 bridgehead atoms. The number of sulfonamides is 1. The van der Waals surface area contributed by atoms with Gasteiger partial charge in [-0.3, -0.25) is 9.10 Å². The molecule has 0 radical (unpaired) electrons. The van der Waals surface area contributed by atoms with Crippen molar-refractivity contribution in [3.63, 3.8) is 0 Å². The SMILES string of the molecule is COc1ccc(CN(C)C(=O)CN(c2ccccc2C)S(C)(=O)=O)cc1F. The number of carbonyl (C=O) groups excluding carboxylic acids is 1. The number of rotatable bonds is 7. The van der Waals surface area contributed by atoms with Gasteiger partial charge in [-0.15, -0.1) is 0 Å². The molecular formula is C19H23FN2O4S. The summed E-state index contributed by atoms with van der Waals surface area (Å²) >= 11 is 0. The highest BCUT2D eigenvalue weighted by atomic mass is 32.2. The van der Waals surface area contributed by atoms with Gasteiger partial charge in [0.25, 0.3) is 0 Å². The fraction of sp³-hybridized carbons (Fsp3) is 0.316. The Morgan fingerprint density at radius 2 is 1.85 bits per heavy atom. The Kier molecular flexibility index (Phi) is 6.43. The number of hydrogen-bond donors (Lipinski definition) is 0. The minimum absolute atomic E-state index is 0.121. The Morgan fingerprint density at radius 1 is 1.19 bits per heavy atom. The fourth-order valence-electron chi connectivity index (χ4n) is 2.64. The summed E-state index contributed by atoms with van der Waals surface area (Å²) in [5.41, 5.74) is 1.78. The Labute approximate surface area is 159 Å². The van der Waals surface area contributed by atoms with E-state index in [9.17, 15) is 17.6 Å². The van der Waals surface area contributed by atoms with Gasteiger partial charge in [-0.05, 0) is 36.2 Å². The van der Waals surface area contributed by atoms with Gasteiger partial charge in [0.2, 0.25) is 15.9 Å². The maximum atomic E-state index is 13.8. The molecule has 6 nitrogen and oxygen atoms in total. The molecule has 146 valence electrons. The van der Waals surface area contributed by atoms with Crippen molar-refractivity contribution in [3.05, 3.63) is 59.4 Å². The first-order valence-electron chi connectivity index (χ1n) is 8.23. The van der Waals surface area contributed by atoms with Crippen molar-refractivity contribution in [2.24, 2.45) is 0 Å². The lowest BCUT2D eigenvalue weighted by Gasteiger charge is -2.26. The summed E-state index contributed by atoms with van der Waals surface area (Å²) in [7, 11) is -0.730. The van der Waals surface area contributed by atoms with Gasteiger partial charge in [0, 0.05) is 13.6 Å². The maximum Gasteiger partial charge on any atom is 0.243 e. The number of hydrogen-bond acceptors (Lipinski definition) is 4. The van der Waals surface area contributed by atoms with Crippen molar-refractivity contribution in [3.8, 4) is 5.75 Å². The number of anilines is 1. The van der Waals surface area contributed by atoms with Crippen molar-refractivity contribution in [2.75, 3.05) is 31.3 Å². The van der Waals surface area contributed by atoms with E-state index in [0.717, 1.165) is 16.1 Å². The van der Waals surface area contributed by atoms with Crippen LogP contribution in [-0.2, 0) is 21.4 Å². The highest BCUT2D eigenvalue weighted by Crippen LogP contribution is 2.22. The Morgan fingerprint density at radius 3 is 2.41 bits per heavy atom. The highest BCUT2D eigenvalue weighted by Gasteiger charge is 2.24. The number of aryl methyl sites for hydroxylation is 1. The van der Waals surface area contributed by atoms with Crippen molar-refractivity contribution < 1.29 is 22.3 Å². The third-order valence-electron chi connectivity index (χ3n) is 4.13. The lowest BCUT2D eigenvalue weighted by molar-refractivity contribution is -0.128. The highest BCUT2D eigenvalue weighted by molar-refractivity contribution is 7.92. The predicted octanol–water partition coefficient (Wildman–Crippen LogP) is 2.57. The molecule has 0 N–H and O–H groups in total. The van der Waals surface area contributed by atoms with Crippen LogP contribution in [0.5, 0.6) is 5.75 Å². The topological polar surface area (TPSA) is 66.9 Å². The third kappa shape index (κ3) is 5.19. The van der Waals surface area contributed by atoms with E-state index in [0.29, 0.717) is 11.3 Å². The lowest BCUT2D eigenvalue weighted by atomic mass is 10.2. The van der Waals surface area contributed by atoms with Crippen molar-refractivity contribution >= 4 is 21.6 Å². The second-order valence-corrected chi connectivity index (χ2v) is 8.18. The van der Waals surface area contributed by atoms with Gasteiger partial charge >= 0.3 is 0 Å². The van der Waals surface area contributed by atoms with Gasteiger partial charge in [0.15, 0.2) is 11.6 Å². The Hall–Kier alpha value is -2.61. The molecule has 0 atom stereocenters. The van der Waals surface area contributed by atoms with E-state index in [2.05, 4.69) is 0 Å². The normalized spacial score (nSPS) is 11.1. The summed E-state index contributed by atoms with van der Waals surface area (Å²) < 4.78 is 44.2. The standard InChI is InChI=1S/C19H23FN2O4S/c1-14-7-5-6-8-17(14)22(27(4,24)25)13-19(23)21(2)12-15-9-10-18(26-3)16(20)11-15/h5-11H,12-13H2,1-4H3. The molecule has 27 heavy (non-hydrogen) atoms. The molecule has 2 rings (SSSR count). The number of likely N-dealkylation sites (N-methyl/N-ethyl adjacent to an activating group) is 1. The van der Waals surface area contributed by atoms with Crippen LogP contribution >= 0.6 is 0 Å². The quantitative estimate of drug-likeness (QED) is 0.724. The van der Waals surface area contributed by atoms with Gasteiger partial charge in [-0.1, -0.05) is 24.3 Å². The molecule has 0 aliphatic heterocycles. The number of carbonyl (C=O) groups is 1. The van der Waals surface area contributed by atoms with Gasteiger partial charge < -0.3 is 9.64 Å². The minimum Gasteiger partial charge on any atom is -0.494 e. The number of halogens is 1. The van der Waals surface area contributed by atoms with Crippen LogP contribution in [0.1, 0.15) is 11.1 Å². The van der Waals surface area contributed by atoms with E-state index in [1.165, 1.54) is 24.1 Å². The largest absolute Gasteiger partial charge is 0.494 e. The zero-order valence-corrected chi connectivity index (χ0v) is 16.6. The smallest absolute Gasteiger partial charge is 0.243 e. The molecule has 0 unspecified atom stereocenters. The fourth-order valence-corrected chi connectivity index (χ4v) is 3.55. The molecule has 0 saturated heterocycles. The average Bonchev–Trinajstić information content (AvgIpc) is 2.59. The second kappa shape index (κ2) is 8.39. The number of ether oxygens (including phenoxy) is 1. The van der Waals surface area contributed by atoms with E-state index >= 15 is 0 Å². The number of amides is 1. The van der Waals surface area contributed by atoms with Gasteiger partial charge in [-0.2, -0.15) is 0 Å².